The lowest BCUT2D eigenvalue weighted by molar-refractivity contribution is 0.212. The van der Waals surface area contributed by atoms with Crippen LogP contribution >= 0.6 is 0 Å². The summed E-state index contributed by atoms with van der Waals surface area (Å²) >= 11 is 0. The van der Waals surface area contributed by atoms with Crippen molar-refractivity contribution in [2.24, 2.45) is 18.1 Å². The van der Waals surface area contributed by atoms with Crippen molar-refractivity contribution >= 4 is 5.71 Å². The van der Waals surface area contributed by atoms with Gasteiger partial charge in [0.05, 0.1) is 11.4 Å². The van der Waals surface area contributed by atoms with Crippen LogP contribution in [0.25, 0.3) is 5.69 Å². The topological polar surface area (TPSA) is 83.5 Å². The number of rotatable bonds is 8. The number of hydrogen-bond donors (Lipinski definition) is 0. The maximum absolute atomic E-state index is 12.5. The van der Waals surface area contributed by atoms with Crippen LogP contribution in [0, 0.1) is 12.8 Å². The molecular weight excluding hydrogens is 406 g/mol. The highest BCUT2D eigenvalue weighted by Crippen LogP contribution is 2.43. The van der Waals surface area contributed by atoms with Gasteiger partial charge in [0.25, 0.3) is 0 Å². The van der Waals surface area contributed by atoms with Crippen molar-refractivity contribution < 1.29 is 9.57 Å². The molecule has 8 heteroatoms. The molecule has 0 saturated heterocycles. The fourth-order valence-corrected chi connectivity index (χ4v) is 4.13. The number of nitrogens with zero attached hydrogens (tertiary/aromatic N) is 5. The maximum atomic E-state index is 12.5. The van der Waals surface area contributed by atoms with Gasteiger partial charge in [0.15, 0.2) is 0 Å². The van der Waals surface area contributed by atoms with Crippen molar-refractivity contribution in [3.05, 3.63) is 69.1 Å². The van der Waals surface area contributed by atoms with E-state index in [1.807, 2.05) is 31.2 Å². The summed E-state index contributed by atoms with van der Waals surface area (Å²) in [6, 6.07) is 12.1. The van der Waals surface area contributed by atoms with E-state index in [2.05, 4.69) is 27.7 Å². The van der Waals surface area contributed by atoms with Gasteiger partial charge in [-0.05, 0) is 84.3 Å². The first kappa shape index (κ1) is 20.5. The van der Waals surface area contributed by atoms with Crippen molar-refractivity contribution in [2.45, 2.75) is 45.1 Å². The first-order valence-corrected chi connectivity index (χ1v) is 11.0. The minimum absolute atomic E-state index is 0.273. The second-order valence-corrected chi connectivity index (χ2v) is 8.62. The number of ether oxygens (including phenoxy) is 1. The third-order valence-electron chi connectivity index (χ3n) is 6.15. The van der Waals surface area contributed by atoms with E-state index in [1.165, 1.54) is 14.9 Å². The summed E-state index contributed by atoms with van der Waals surface area (Å²) in [5, 5.41) is 12.2. The molecule has 2 fully saturated rings. The van der Waals surface area contributed by atoms with Crippen molar-refractivity contribution in [2.75, 3.05) is 7.11 Å². The third-order valence-corrected chi connectivity index (χ3v) is 6.15. The zero-order valence-corrected chi connectivity index (χ0v) is 18.6. The Morgan fingerprint density at radius 2 is 1.97 bits per heavy atom. The van der Waals surface area contributed by atoms with Gasteiger partial charge in [-0.2, -0.15) is 9.36 Å². The van der Waals surface area contributed by atoms with E-state index in [-0.39, 0.29) is 5.69 Å². The van der Waals surface area contributed by atoms with Gasteiger partial charge >= 0.3 is 5.69 Å². The Balaban J connectivity index is 1.44. The van der Waals surface area contributed by atoms with Gasteiger partial charge in [0.2, 0.25) is 0 Å². The third kappa shape index (κ3) is 3.92. The van der Waals surface area contributed by atoms with E-state index in [1.54, 1.807) is 14.2 Å². The lowest BCUT2D eigenvalue weighted by Crippen LogP contribution is -2.23. The molecule has 0 radical (unpaired) electrons. The fourth-order valence-electron chi connectivity index (χ4n) is 4.13. The number of tetrazole rings is 1. The summed E-state index contributed by atoms with van der Waals surface area (Å²) in [6.45, 7) is 2.39. The molecule has 0 bridgehead atoms. The number of hydrogen-bond acceptors (Lipinski definition) is 6. The number of aromatic nitrogens is 4. The van der Waals surface area contributed by atoms with Crippen molar-refractivity contribution in [1.29, 1.82) is 0 Å². The molecule has 8 nitrogen and oxygen atoms in total. The van der Waals surface area contributed by atoms with Gasteiger partial charge < -0.3 is 9.57 Å². The molecule has 2 aliphatic carbocycles. The second kappa shape index (κ2) is 8.26. The monoisotopic (exact) mass is 433 g/mol. The summed E-state index contributed by atoms with van der Waals surface area (Å²) in [5.74, 6) is 1.81. The first-order valence-electron chi connectivity index (χ1n) is 11.0. The first-order chi connectivity index (χ1) is 15.6. The number of benzene rings is 2. The van der Waals surface area contributed by atoms with Crippen LogP contribution in [0.3, 0.4) is 0 Å². The lowest BCUT2D eigenvalue weighted by atomic mass is 10.0. The van der Waals surface area contributed by atoms with Gasteiger partial charge in [-0.25, -0.2) is 4.79 Å². The van der Waals surface area contributed by atoms with Crippen LogP contribution in [0.1, 0.15) is 53.9 Å². The van der Waals surface area contributed by atoms with Crippen LogP contribution in [-0.2, 0) is 18.5 Å². The Labute approximate surface area is 186 Å². The lowest BCUT2D eigenvalue weighted by Gasteiger charge is -2.16. The Morgan fingerprint density at radius 1 is 1.16 bits per heavy atom. The minimum atomic E-state index is -0.273. The highest BCUT2D eigenvalue weighted by atomic mass is 16.6. The zero-order chi connectivity index (χ0) is 22.2. The van der Waals surface area contributed by atoms with Crippen molar-refractivity contribution in [3.8, 4) is 11.4 Å². The summed E-state index contributed by atoms with van der Waals surface area (Å²) in [6.07, 6.45) is 4.62. The van der Waals surface area contributed by atoms with E-state index in [4.69, 9.17) is 9.57 Å². The summed E-state index contributed by atoms with van der Waals surface area (Å²) in [4.78, 5) is 17.6. The zero-order valence-electron chi connectivity index (χ0n) is 18.6. The van der Waals surface area contributed by atoms with Gasteiger partial charge in [-0.3, -0.25) is 0 Å². The highest BCUT2D eigenvalue weighted by molar-refractivity contribution is 6.03. The molecule has 166 valence electrons. The van der Waals surface area contributed by atoms with Gasteiger partial charge in [0.1, 0.15) is 19.5 Å². The fraction of sp³-hybridized carbons (Fsp3) is 0.417. The Kier molecular flexibility index (Phi) is 5.28. The molecule has 1 heterocycles. The summed E-state index contributed by atoms with van der Waals surface area (Å²) in [5.41, 5.74) is 5.78. The average molecular weight is 434 g/mol. The molecule has 32 heavy (non-hydrogen) atoms. The van der Waals surface area contributed by atoms with Gasteiger partial charge in [-0.15, -0.1) is 0 Å². The van der Waals surface area contributed by atoms with Crippen LogP contribution in [-0.4, -0.2) is 32.6 Å². The van der Waals surface area contributed by atoms with Crippen LogP contribution < -0.4 is 10.4 Å². The SMILES string of the molecule is CO/N=C(/c1ccc(OCc2c(C3CC3)cccc2-n2nnn(C)c2=O)c(C)c1)C1CC1. The molecule has 2 aliphatic rings. The van der Waals surface area contributed by atoms with Gasteiger partial charge in [-0.1, -0.05) is 17.3 Å². The van der Waals surface area contributed by atoms with Gasteiger partial charge in [0, 0.05) is 24.1 Å². The highest BCUT2D eigenvalue weighted by Gasteiger charge is 2.30. The van der Waals surface area contributed by atoms with Crippen LogP contribution in [0.5, 0.6) is 5.75 Å². The molecule has 0 N–H and O–H groups in total. The predicted molar refractivity (Wildman–Crippen MR) is 120 cm³/mol. The molecule has 2 saturated carbocycles. The smallest absolute Gasteiger partial charge is 0.368 e. The minimum Gasteiger partial charge on any atom is -0.489 e. The molecule has 1 aromatic heterocycles. The van der Waals surface area contributed by atoms with Crippen LogP contribution in [0.2, 0.25) is 0 Å². The van der Waals surface area contributed by atoms with Crippen molar-refractivity contribution in [1.82, 2.24) is 19.8 Å². The number of aryl methyl sites for hydroxylation is 2. The molecule has 0 atom stereocenters. The second-order valence-electron chi connectivity index (χ2n) is 8.62. The molecule has 0 spiro atoms. The Morgan fingerprint density at radius 3 is 2.59 bits per heavy atom. The van der Waals surface area contributed by atoms with E-state index >= 15 is 0 Å². The maximum Gasteiger partial charge on any atom is 0.368 e. The molecule has 3 aromatic rings. The van der Waals surface area contributed by atoms with Crippen LogP contribution in [0.15, 0.2) is 46.3 Å². The Hall–Kier alpha value is -3.42. The molecule has 5 rings (SSSR count). The largest absolute Gasteiger partial charge is 0.489 e. The van der Waals surface area contributed by atoms with E-state index in [9.17, 15) is 4.79 Å². The Bertz CT molecular complexity index is 1230. The normalized spacial score (nSPS) is 16.3. The predicted octanol–water partition coefficient (Wildman–Crippen LogP) is 3.49. The molecule has 0 aliphatic heterocycles. The molecular formula is C24H27N5O3. The van der Waals surface area contributed by atoms with E-state index in [0.717, 1.165) is 59.5 Å². The summed E-state index contributed by atoms with van der Waals surface area (Å²) < 4.78 is 8.86. The summed E-state index contributed by atoms with van der Waals surface area (Å²) in [7, 11) is 3.19. The quantitative estimate of drug-likeness (QED) is 0.401. The standard InChI is InChI=1S/C24H27N5O3/c1-15-13-18(23(25-31-3)17-9-10-17)11-12-22(15)32-14-20-19(16-7-8-16)5-4-6-21(20)29-24(30)28(2)26-27-29/h4-6,11-13,16-17H,7-10,14H2,1-3H3/b25-23+. The van der Waals surface area contributed by atoms with E-state index < -0.39 is 0 Å². The molecule has 0 unspecified atom stereocenters. The average Bonchev–Trinajstić information content (AvgIpc) is 3.71. The van der Waals surface area contributed by atoms with E-state index in [0.29, 0.717) is 18.4 Å². The number of oxime groups is 1. The van der Waals surface area contributed by atoms with Crippen molar-refractivity contribution in [3.63, 3.8) is 0 Å². The molecule has 0 amide bonds. The molecule has 2 aromatic carbocycles. The van der Waals surface area contributed by atoms with Crippen LogP contribution in [0.4, 0.5) is 0 Å².